The van der Waals surface area contributed by atoms with Crippen molar-refractivity contribution in [2.24, 2.45) is 5.92 Å². The third-order valence-electron chi connectivity index (χ3n) is 5.66. The summed E-state index contributed by atoms with van der Waals surface area (Å²) in [4.78, 5) is 17.8. The van der Waals surface area contributed by atoms with Gasteiger partial charge in [0.05, 0.1) is 0 Å². The zero-order chi connectivity index (χ0) is 17.8. The van der Waals surface area contributed by atoms with E-state index in [1.807, 2.05) is 19.0 Å². The lowest BCUT2D eigenvalue weighted by Gasteiger charge is -2.38. The number of rotatable bonds is 6. The summed E-state index contributed by atoms with van der Waals surface area (Å²) < 4.78 is 0. The minimum atomic E-state index is -0.785. The Morgan fingerprint density at radius 1 is 1.20 bits per heavy atom. The average molecular weight is 345 g/mol. The van der Waals surface area contributed by atoms with Crippen molar-refractivity contribution in [1.29, 1.82) is 0 Å². The van der Waals surface area contributed by atoms with Crippen LogP contribution in [-0.2, 0) is 12.8 Å². The highest BCUT2D eigenvalue weighted by Crippen LogP contribution is 2.29. The maximum absolute atomic E-state index is 11.6. The molecule has 3 rings (SSSR count). The first-order valence-corrected chi connectivity index (χ1v) is 9.46. The van der Waals surface area contributed by atoms with Gasteiger partial charge in [-0.05, 0) is 63.4 Å². The molecule has 0 bridgehead atoms. The molecule has 1 aliphatic heterocycles. The van der Waals surface area contributed by atoms with E-state index in [0.29, 0.717) is 25.0 Å². The maximum Gasteiger partial charge on any atom is 0.407 e. The topological polar surface area (TPSA) is 47.0 Å². The molecule has 1 fully saturated rings. The Hall–Kier alpha value is -1.59. The van der Waals surface area contributed by atoms with Gasteiger partial charge in [0.1, 0.15) is 0 Å². The van der Waals surface area contributed by atoms with Crippen LogP contribution in [0.3, 0.4) is 0 Å². The van der Waals surface area contributed by atoms with E-state index in [4.69, 9.17) is 0 Å². The van der Waals surface area contributed by atoms with Crippen molar-refractivity contribution in [1.82, 2.24) is 14.7 Å². The lowest BCUT2D eigenvalue weighted by atomic mass is 9.95. The Morgan fingerprint density at radius 2 is 1.88 bits per heavy atom. The summed E-state index contributed by atoms with van der Waals surface area (Å²) in [6, 6.07) is 9.37. The van der Waals surface area contributed by atoms with Gasteiger partial charge in [0.25, 0.3) is 0 Å². The van der Waals surface area contributed by atoms with Crippen molar-refractivity contribution in [2.75, 3.05) is 46.8 Å². The fourth-order valence-electron chi connectivity index (χ4n) is 4.27. The van der Waals surface area contributed by atoms with Gasteiger partial charge in [-0.15, -0.1) is 0 Å². The summed E-state index contributed by atoms with van der Waals surface area (Å²) in [6.07, 6.45) is 3.83. The summed E-state index contributed by atoms with van der Waals surface area (Å²) in [5.74, 6) is 0.454. The van der Waals surface area contributed by atoms with Crippen LogP contribution < -0.4 is 0 Å². The first kappa shape index (κ1) is 18.2. The highest BCUT2D eigenvalue weighted by atomic mass is 16.4. The van der Waals surface area contributed by atoms with Crippen LogP contribution >= 0.6 is 0 Å². The number of fused-ring (bicyclic) bond motifs is 1. The van der Waals surface area contributed by atoms with Crippen LogP contribution in [0.2, 0.25) is 0 Å². The van der Waals surface area contributed by atoms with Crippen molar-refractivity contribution in [3.63, 3.8) is 0 Å². The second-order valence-corrected chi connectivity index (χ2v) is 7.87. The molecule has 1 amide bonds. The summed E-state index contributed by atoms with van der Waals surface area (Å²) >= 11 is 0. The Morgan fingerprint density at radius 3 is 2.48 bits per heavy atom. The normalized spacial score (nSPS) is 21.5. The van der Waals surface area contributed by atoms with E-state index in [1.165, 1.54) is 17.5 Å². The van der Waals surface area contributed by atoms with Gasteiger partial charge in [0.2, 0.25) is 0 Å². The highest BCUT2D eigenvalue weighted by Gasteiger charge is 2.31. The SMILES string of the molecule is CN(C)CCN(CC1CCCN(C2Cc3ccccc3C2)C1)C(=O)O. The van der Waals surface area contributed by atoms with E-state index in [1.54, 1.807) is 4.90 Å². The predicted octanol–water partition coefficient (Wildman–Crippen LogP) is 2.41. The predicted molar refractivity (Wildman–Crippen MR) is 100 cm³/mol. The van der Waals surface area contributed by atoms with Crippen LogP contribution in [0.5, 0.6) is 0 Å². The molecular weight excluding hydrogens is 314 g/mol. The molecule has 5 nitrogen and oxygen atoms in total. The van der Waals surface area contributed by atoms with Crippen molar-refractivity contribution in [3.05, 3.63) is 35.4 Å². The fourth-order valence-corrected chi connectivity index (χ4v) is 4.27. The second kappa shape index (κ2) is 8.19. The first-order valence-electron chi connectivity index (χ1n) is 9.46. The monoisotopic (exact) mass is 345 g/mol. The van der Waals surface area contributed by atoms with Crippen molar-refractivity contribution >= 4 is 6.09 Å². The molecule has 5 heteroatoms. The Labute approximate surface area is 151 Å². The molecule has 1 aliphatic carbocycles. The summed E-state index contributed by atoms with van der Waals surface area (Å²) in [5, 5.41) is 9.51. The molecule has 138 valence electrons. The van der Waals surface area contributed by atoms with Crippen molar-refractivity contribution in [2.45, 2.75) is 31.7 Å². The number of hydrogen-bond donors (Lipinski definition) is 1. The fraction of sp³-hybridized carbons (Fsp3) is 0.650. The summed E-state index contributed by atoms with van der Waals surface area (Å²) in [7, 11) is 3.97. The van der Waals surface area contributed by atoms with Crippen LogP contribution in [0.4, 0.5) is 4.79 Å². The molecular formula is C20H31N3O2. The van der Waals surface area contributed by atoms with Crippen LogP contribution in [0.15, 0.2) is 24.3 Å². The van der Waals surface area contributed by atoms with E-state index in [0.717, 1.165) is 38.9 Å². The summed E-state index contributed by atoms with van der Waals surface area (Å²) in [5.41, 5.74) is 2.99. The van der Waals surface area contributed by atoms with E-state index in [2.05, 4.69) is 29.2 Å². The lowest BCUT2D eigenvalue weighted by molar-refractivity contribution is 0.0910. The molecule has 25 heavy (non-hydrogen) atoms. The number of likely N-dealkylation sites (tertiary alicyclic amines) is 1. The Kier molecular flexibility index (Phi) is 5.97. The standard InChI is InChI=1S/C20H31N3O2/c1-21(2)10-11-23(20(24)25)15-16-6-5-9-22(14-16)19-12-17-7-3-4-8-18(17)13-19/h3-4,7-8,16,19H,5-6,9-15H2,1-2H3,(H,24,25). The van der Waals surface area contributed by atoms with Crippen LogP contribution in [0.25, 0.3) is 0 Å². The lowest BCUT2D eigenvalue weighted by Crippen LogP contribution is -2.47. The van der Waals surface area contributed by atoms with Crippen LogP contribution in [0, 0.1) is 5.92 Å². The van der Waals surface area contributed by atoms with E-state index in [-0.39, 0.29) is 0 Å². The number of likely N-dealkylation sites (N-methyl/N-ethyl adjacent to an activating group) is 1. The summed E-state index contributed by atoms with van der Waals surface area (Å²) in [6.45, 7) is 4.22. The number of hydrogen-bond acceptors (Lipinski definition) is 3. The minimum absolute atomic E-state index is 0.454. The average Bonchev–Trinajstić information content (AvgIpc) is 3.02. The van der Waals surface area contributed by atoms with Gasteiger partial charge in [-0.1, -0.05) is 24.3 Å². The smallest absolute Gasteiger partial charge is 0.407 e. The number of amides is 1. The molecule has 1 heterocycles. The van der Waals surface area contributed by atoms with E-state index >= 15 is 0 Å². The zero-order valence-corrected chi connectivity index (χ0v) is 15.5. The molecule has 0 spiro atoms. The minimum Gasteiger partial charge on any atom is -0.465 e. The number of carboxylic acid groups (broad SMARTS) is 1. The second-order valence-electron chi connectivity index (χ2n) is 7.87. The molecule has 1 aromatic rings. The van der Waals surface area contributed by atoms with Crippen molar-refractivity contribution in [3.8, 4) is 0 Å². The molecule has 2 aliphatic rings. The van der Waals surface area contributed by atoms with Gasteiger partial charge in [0.15, 0.2) is 0 Å². The number of nitrogens with zero attached hydrogens (tertiary/aromatic N) is 3. The number of piperidine rings is 1. The van der Waals surface area contributed by atoms with Crippen LogP contribution in [-0.4, -0.2) is 78.8 Å². The van der Waals surface area contributed by atoms with Gasteiger partial charge in [-0.3, -0.25) is 4.90 Å². The maximum atomic E-state index is 11.6. The van der Waals surface area contributed by atoms with E-state index < -0.39 is 6.09 Å². The van der Waals surface area contributed by atoms with E-state index in [9.17, 15) is 9.90 Å². The molecule has 1 unspecified atom stereocenters. The Balaban J connectivity index is 1.55. The van der Waals surface area contributed by atoms with Gasteiger partial charge >= 0.3 is 6.09 Å². The number of benzene rings is 1. The van der Waals surface area contributed by atoms with Gasteiger partial charge in [-0.25, -0.2) is 4.79 Å². The molecule has 1 aromatic carbocycles. The van der Waals surface area contributed by atoms with Gasteiger partial charge < -0.3 is 14.9 Å². The Bertz CT molecular complexity index is 565. The van der Waals surface area contributed by atoms with Crippen LogP contribution in [0.1, 0.15) is 24.0 Å². The third kappa shape index (κ3) is 4.73. The van der Waals surface area contributed by atoms with Gasteiger partial charge in [0, 0.05) is 32.2 Å². The number of carbonyl (C=O) groups is 1. The molecule has 0 radical (unpaired) electrons. The van der Waals surface area contributed by atoms with Crippen molar-refractivity contribution < 1.29 is 9.90 Å². The molecule has 1 N–H and O–H groups in total. The largest absolute Gasteiger partial charge is 0.465 e. The molecule has 0 aromatic heterocycles. The molecule has 0 saturated carbocycles. The van der Waals surface area contributed by atoms with Gasteiger partial charge in [-0.2, -0.15) is 0 Å². The highest BCUT2D eigenvalue weighted by molar-refractivity contribution is 5.64. The molecule has 1 atom stereocenters. The quantitative estimate of drug-likeness (QED) is 0.860. The first-order chi connectivity index (χ1) is 12.0. The zero-order valence-electron chi connectivity index (χ0n) is 15.5. The molecule has 1 saturated heterocycles. The third-order valence-corrected chi connectivity index (χ3v) is 5.66.